The largest absolute Gasteiger partial charge is 0.207 e. The monoisotopic (exact) mass is 340 g/mol. The van der Waals surface area contributed by atoms with Gasteiger partial charge in [-0.2, -0.15) is 0 Å². The van der Waals surface area contributed by atoms with Crippen LogP contribution in [-0.2, 0) is 6.42 Å². The molecule has 0 fully saturated rings. The Hall–Kier alpha value is -0.860. The topological polar surface area (TPSA) is 0 Å². The molecule has 0 N–H and O–H groups in total. The molecule has 1 unspecified atom stereocenters. The van der Waals surface area contributed by atoms with Crippen molar-refractivity contribution in [2.24, 2.45) is 0 Å². The molecule has 0 aliphatic rings. The van der Waals surface area contributed by atoms with Gasteiger partial charge in [-0.25, -0.2) is 4.39 Å². The van der Waals surface area contributed by atoms with Crippen LogP contribution in [0.5, 0.6) is 0 Å². The normalized spacial score (nSPS) is 12.4. The number of alkyl halides is 1. The Morgan fingerprint density at radius 2 is 2.00 bits per heavy atom. The number of hydrogen-bond acceptors (Lipinski definition) is 0. The van der Waals surface area contributed by atoms with Gasteiger partial charge in [0.15, 0.2) is 0 Å². The third-order valence-electron chi connectivity index (χ3n) is 3.18. The zero-order chi connectivity index (χ0) is 13.8. The van der Waals surface area contributed by atoms with Gasteiger partial charge in [-0.05, 0) is 36.6 Å². The molecule has 0 bridgehead atoms. The van der Waals surface area contributed by atoms with E-state index < -0.39 is 0 Å². The maximum Gasteiger partial charge on any atom is 0.124 e. The van der Waals surface area contributed by atoms with Crippen molar-refractivity contribution in [1.29, 1.82) is 0 Å². The van der Waals surface area contributed by atoms with Crippen LogP contribution in [0.25, 0.3) is 0 Å². The summed E-state index contributed by atoms with van der Waals surface area (Å²) >= 11 is 9.51. The van der Waals surface area contributed by atoms with E-state index in [1.165, 1.54) is 23.3 Å². The summed E-state index contributed by atoms with van der Waals surface area (Å²) in [5, 5.41) is 0. The third kappa shape index (κ3) is 3.80. The highest BCUT2D eigenvalue weighted by atomic mass is 79.9. The Morgan fingerprint density at radius 1 is 1.21 bits per heavy atom. The van der Waals surface area contributed by atoms with E-state index in [0.717, 1.165) is 16.5 Å². The fourth-order valence-corrected chi connectivity index (χ4v) is 2.94. The minimum atomic E-state index is -0.228. The Bertz CT molecular complexity index is 568. The number of benzene rings is 2. The van der Waals surface area contributed by atoms with Gasteiger partial charge >= 0.3 is 0 Å². The lowest BCUT2D eigenvalue weighted by Gasteiger charge is -2.16. The maximum absolute atomic E-state index is 13.1. The van der Waals surface area contributed by atoms with Crippen molar-refractivity contribution in [3.8, 4) is 0 Å². The molecule has 0 saturated heterocycles. The molecule has 0 aromatic heterocycles. The molecule has 100 valence electrons. The minimum Gasteiger partial charge on any atom is -0.207 e. The van der Waals surface area contributed by atoms with Crippen molar-refractivity contribution in [2.75, 3.05) is 5.88 Å². The molecule has 0 aliphatic heterocycles. The van der Waals surface area contributed by atoms with E-state index in [4.69, 9.17) is 11.6 Å². The molecule has 0 radical (unpaired) electrons. The predicted octanol–water partition coefficient (Wildman–Crippen LogP) is 5.46. The average Bonchev–Trinajstić information content (AvgIpc) is 2.38. The van der Waals surface area contributed by atoms with Crippen molar-refractivity contribution >= 4 is 27.5 Å². The van der Waals surface area contributed by atoms with Crippen LogP contribution in [-0.4, -0.2) is 5.88 Å². The molecule has 0 amide bonds. The van der Waals surface area contributed by atoms with Gasteiger partial charge in [0.05, 0.1) is 0 Å². The molecule has 0 heterocycles. The molecule has 1 atom stereocenters. The first-order valence-electron chi connectivity index (χ1n) is 6.16. The van der Waals surface area contributed by atoms with E-state index >= 15 is 0 Å². The molecule has 2 aromatic carbocycles. The molecule has 3 heteroatoms. The summed E-state index contributed by atoms with van der Waals surface area (Å²) in [6, 6.07) is 13.2. The molecular formula is C16H15BrClF. The molecule has 0 aliphatic carbocycles. The van der Waals surface area contributed by atoms with Crippen LogP contribution in [0, 0.1) is 12.7 Å². The summed E-state index contributed by atoms with van der Waals surface area (Å²) in [5.74, 6) is 0.560. The van der Waals surface area contributed by atoms with Crippen LogP contribution in [0.2, 0.25) is 0 Å². The lowest BCUT2D eigenvalue weighted by molar-refractivity contribution is 0.625. The summed E-state index contributed by atoms with van der Waals surface area (Å²) < 4.78 is 13.9. The second-order valence-electron chi connectivity index (χ2n) is 4.71. The zero-order valence-electron chi connectivity index (χ0n) is 10.7. The van der Waals surface area contributed by atoms with Crippen LogP contribution in [0.15, 0.2) is 46.9 Å². The first-order chi connectivity index (χ1) is 9.10. The van der Waals surface area contributed by atoms with Gasteiger partial charge in [-0.1, -0.05) is 51.8 Å². The van der Waals surface area contributed by atoms with Gasteiger partial charge in [0.25, 0.3) is 0 Å². The van der Waals surface area contributed by atoms with E-state index in [-0.39, 0.29) is 11.7 Å². The molecular weight excluding hydrogens is 327 g/mol. The maximum atomic E-state index is 13.1. The lowest BCUT2D eigenvalue weighted by Crippen LogP contribution is -2.05. The third-order valence-corrected chi connectivity index (χ3v) is 4.29. The average molecular weight is 342 g/mol. The van der Waals surface area contributed by atoms with Gasteiger partial charge in [0.1, 0.15) is 5.82 Å². The quantitative estimate of drug-likeness (QED) is 0.648. The van der Waals surface area contributed by atoms with Gasteiger partial charge < -0.3 is 0 Å². The summed E-state index contributed by atoms with van der Waals surface area (Å²) in [4.78, 5) is 0. The van der Waals surface area contributed by atoms with E-state index in [1.807, 2.05) is 12.1 Å². The summed E-state index contributed by atoms with van der Waals surface area (Å²) in [6.07, 6.45) is 0.799. The standard InChI is InChI=1S/C16H15BrClF/c1-11-3-2-4-12(7-11)14(10-18)8-13-5-6-15(19)9-16(13)17/h2-7,9,14H,8,10H2,1H3. The predicted molar refractivity (Wildman–Crippen MR) is 82.4 cm³/mol. The van der Waals surface area contributed by atoms with Crippen molar-refractivity contribution < 1.29 is 4.39 Å². The molecule has 0 saturated carbocycles. The smallest absolute Gasteiger partial charge is 0.124 e. The number of halogens is 3. The van der Waals surface area contributed by atoms with Gasteiger partial charge in [-0.15, -0.1) is 11.6 Å². The molecule has 2 rings (SSSR count). The Kier molecular flexibility index (Phi) is 5.00. The minimum absolute atomic E-state index is 0.228. The van der Waals surface area contributed by atoms with Crippen LogP contribution < -0.4 is 0 Å². The second-order valence-corrected chi connectivity index (χ2v) is 5.87. The fraction of sp³-hybridized carbons (Fsp3) is 0.250. The van der Waals surface area contributed by atoms with E-state index in [2.05, 4.69) is 41.1 Å². The van der Waals surface area contributed by atoms with Crippen molar-refractivity contribution in [1.82, 2.24) is 0 Å². The van der Waals surface area contributed by atoms with Crippen LogP contribution >= 0.6 is 27.5 Å². The van der Waals surface area contributed by atoms with Gasteiger partial charge in [-0.3, -0.25) is 0 Å². The molecule has 2 aromatic rings. The van der Waals surface area contributed by atoms with Crippen molar-refractivity contribution in [3.63, 3.8) is 0 Å². The molecule has 0 spiro atoms. The molecule has 0 nitrogen and oxygen atoms in total. The van der Waals surface area contributed by atoms with E-state index in [9.17, 15) is 4.39 Å². The Balaban J connectivity index is 2.24. The van der Waals surface area contributed by atoms with Crippen LogP contribution in [0.4, 0.5) is 4.39 Å². The Morgan fingerprint density at radius 3 is 2.63 bits per heavy atom. The number of rotatable bonds is 4. The highest BCUT2D eigenvalue weighted by Gasteiger charge is 2.13. The van der Waals surface area contributed by atoms with E-state index in [1.54, 1.807) is 0 Å². The first kappa shape index (κ1) is 14.5. The first-order valence-corrected chi connectivity index (χ1v) is 7.49. The summed E-state index contributed by atoms with van der Waals surface area (Å²) in [6.45, 7) is 2.07. The fourth-order valence-electron chi connectivity index (χ4n) is 2.14. The van der Waals surface area contributed by atoms with Crippen LogP contribution in [0.3, 0.4) is 0 Å². The van der Waals surface area contributed by atoms with Crippen LogP contribution in [0.1, 0.15) is 22.6 Å². The van der Waals surface area contributed by atoms with Crippen molar-refractivity contribution in [3.05, 3.63) is 69.4 Å². The highest BCUT2D eigenvalue weighted by Crippen LogP contribution is 2.27. The van der Waals surface area contributed by atoms with Gasteiger partial charge in [0.2, 0.25) is 0 Å². The summed E-state index contributed by atoms with van der Waals surface area (Å²) in [5.41, 5.74) is 3.53. The van der Waals surface area contributed by atoms with Crippen molar-refractivity contribution in [2.45, 2.75) is 19.3 Å². The number of aryl methyl sites for hydroxylation is 1. The van der Waals surface area contributed by atoms with Gasteiger partial charge in [0, 0.05) is 16.3 Å². The zero-order valence-corrected chi connectivity index (χ0v) is 13.0. The lowest BCUT2D eigenvalue weighted by atomic mass is 9.92. The van der Waals surface area contributed by atoms with E-state index in [0.29, 0.717) is 5.88 Å². The summed E-state index contributed by atoms with van der Waals surface area (Å²) in [7, 11) is 0. The highest BCUT2D eigenvalue weighted by molar-refractivity contribution is 9.10. The number of hydrogen-bond donors (Lipinski definition) is 0. The Labute approximate surface area is 126 Å². The molecule has 19 heavy (non-hydrogen) atoms. The SMILES string of the molecule is Cc1cccc(C(CCl)Cc2ccc(F)cc2Br)c1. The second kappa shape index (κ2) is 6.53.